The maximum absolute atomic E-state index is 12.2. The van der Waals surface area contributed by atoms with E-state index in [1.807, 2.05) is 24.3 Å². The van der Waals surface area contributed by atoms with Gasteiger partial charge in [0.15, 0.2) is 0 Å². The van der Waals surface area contributed by atoms with Gasteiger partial charge in [-0.05, 0) is 24.3 Å². The summed E-state index contributed by atoms with van der Waals surface area (Å²) in [7, 11) is 0. The summed E-state index contributed by atoms with van der Waals surface area (Å²) in [6, 6.07) is 9.33. The first kappa shape index (κ1) is 15.3. The predicted octanol–water partition coefficient (Wildman–Crippen LogP) is 1.38. The molecular weight excluding hydrogens is 294 g/mol. The van der Waals surface area contributed by atoms with Crippen molar-refractivity contribution in [1.82, 2.24) is 15.2 Å². The van der Waals surface area contributed by atoms with E-state index in [9.17, 15) is 9.59 Å². The van der Waals surface area contributed by atoms with E-state index in [0.717, 1.165) is 11.5 Å². The second-order valence-electron chi connectivity index (χ2n) is 5.62. The highest BCUT2D eigenvalue weighted by Gasteiger charge is 2.34. The molecule has 120 valence electrons. The summed E-state index contributed by atoms with van der Waals surface area (Å²) in [5.41, 5.74) is 0.940. The highest BCUT2D eigenvalue weighted by atomic mass is 16.3. The first-order chi connectivity index (χ1) is 11.2. The summed E-state index contributed by atoms with van der Waals surface area (Å²) < 4.78 is 5.25. The first-order valence-corrected chi connectivity index (χ1v) is 7.70. The Kier molecular flexibility index (Phi) is 4.71. The maximum Gasteiger partial charge on any atom is 0.225 e. The summed E-state index contributed by atoms with van der Waals surface area (Å²) in [5.74, 6) is 0.359. The largest absolute Gasteiger partial charge is 0.467 e. The van der Waals surface area contributed by atoms with E-state index < -0.39 is 0 Å². The second kappa shape index (κ2) is 7.09. The van der Waals surface area contributed by atoms with Crippen LogP contribution in [0.3, 0.4) is 0 Å². The van der Waals surface area contributed by atoms with E-state index in [1.165, 1.54) is 0 Å². The van der Waals surface area contributed by atoms with Crippen molar-refractivity contribution in [3.8, 4) is 0 Å². The molecule has 1 fully saturated rings. The average Bonchev–Trinajstić information content (AvgIpc) is 3.19. The number of hydrogen-bond acceptors (Lipinski definition) is 4. The zero-order chi connectivity index (χ0) is 16.1. The summed E-state index contributed by atoms with van der Waals surface area (Å²) in [6.45, 7) is 1.39. The third kappa shape index (κ3) is 3.97. The number of furan rings is 1. The van der Waals surface area contributed by atoms with Crippen molar-refractivity contribution >= 4 is 11.8 Å². The Hall–Kier alpha value is -2.63. The van der Waals surface area contributed by atoms with Gasteiger partial charge < -0.3 is 14.6 Å². The van der Waals surface area contributed by atoms with Gasteiger partial charge in [0.2, 0.25) is 11.8 Å². The Bertz CT molecular complexity index is 655. The fourth-order valence-corrected chi connectivity index (χ4v) is 2.70. The molecule has 0 unspecified atom stereocenters. The Balaban J connectivity index is 1.46. The molecule has 6 nitrogen and oxygen atoms in total. The predicted molar refractivity (Wildman–Crippen MR) is 83.2 cm³/mol. The van der Waals surface area contributed by atoms with E-state index in [1.54, 1.807) is 23.4 Å². The molecule has 1 saturated heterocycles. The van der Waals surface area contributed by atoms with Crippen LogP contribution in [0.5, 0.6) is 0 Å². The third-order valence-electron chi connectivity index (χ3n) is 3.92. The SMILES string of the molecule is O=C(NCCc1ccccn1)[C@@H]1CC(=O)N(Cc2ccco2)C1. The number of nitrogens with one attached hydrogen (secondary N) is 1. The van der Waals surface area contributed by atoms with Crippen molar-refractivity contribution in [1.29, 1.82) is 0 Å². The van der Waals surface area contributed by atoms with Crippen LogP contribution in [0.2, 0.25) is 0 Å². The van der Waals surface area contributed by atoms with Crippen LogP contribution >= 0.6 is 0 Å². The zero-order valence-corrected chi connectivity index (χ0v) is 12.8. The lowest BCUT2D eigenvalue weighted by Crippen LogP contribution is -2.34. The summed E-state index contributed by atoms with van der Waals surface area (Å²) in [5, 5.41) is 2.89. The topological polar surface area (TPSA) is 75.4 Å². The molecule has 1 aliphatic rings. The smallest absolute Gasteiger partial charge is 0.225 e. The Morgan fingerprint density at radius 3 is 3.00 bits per heavy atom. The van der Waals surface area contributed by atoms with Gasteiger partial charge in [0, 0.05) is 37.8 Å². The van der Waals surface area contributed by atoms with Gasteiger partial charge in [-0.1, -0.05) is 6.07 Å². The van der Waals surface area contributed by atoms with E-state index in [-0.39, 0.29) is 24.2 Å². The number of pyridine rings is 1. The molecule has 1 atom stereocenters. The fourth-order valence-electron chi connectivity index (χ4n) is 2.70. The van der Waals surface area contributed by atoms with E-state index in [2.05, 4.69) is 10.3 Å². The van der Waals surface area contributed by atoms with Crippen LogP contribution in [0.1, 0.15) is 17.9 Å². The molecule has 2 aromatic rings. The lowest BCUT2D eigenvalue weighted by atomic mass is 10.1. The number of nitrogens with zero attached hydrogens (tertiary/aromatic N) is 2. The second-order valence-corrected chi connectivity index (χ2v) is 5.62. The van der Waals surface area contributed by atoms with Crippen molar-refractivity contribution < 1.29 is 14.0 Å². The zero-order valence-electron chi connectivity index (χ0n) is 12.8. The van der Waals surface area contributed by atoms with Gasteiger partial charge in [0.25, 0.3) is 0 Å². The monoisotopic (exact) mass is 313 g/mol. The Morgan fingerprint density at radius 1 is 1.35 bits per heavy atom. The van der Waals surface area contributed by atoms with Crippen molar-refractivity contribution in [2.24, 2.45) is 5.92 Å². The van der Waals surface area contributed by atoms with Gasteiger partial charge in [-0.2, -0.15) is 0 Å². The number of amides is 2. The molecule has 2 amide bonds. The molecule has 1 aliphatic heterocycles. The summed E-state index contributed by atoms with van der Waals surface area (Å²) in [6.07, 6.45) is 4.26. The van der Waals surface area contributed by atoms with Crippen LogP contribution in [-0.2, 0) is 22.6 Å². The molecule has 0 saturated carbocycles. The Labute approximate surface area is 134 Å². The standard InChI is InChI=1S/C17H19N3O3/c21-16-10-13(11-20(16)12-15-5-3-9-23-15)17(22)19-8-6-14-4-1-2-7-18-14/h1-5,7,9,13H,6,8,10-12H2,(H,19,22)/t13-/m1/s1. The normalized spacial score (nSPS) is 17.5. The molecule has 1 N–H and O–H groups in total. The Morgan fingerprint density at radius 2 is 2.26 bits per heavy atom. The number of rotatable bonds is 6. The highest BCUT2D eigenvalue weighted by Crippen LogP contribution is 2.20. The molecule has 3 rings (SSSR count). The minimum Gasteiger partial charge on any atom is -0.467 e. The number of hydrogen-bond donors (Lipinski definition) is 1. The molecule has 6 heteroatoms. The molecule has 0 spiro atoms. The molecule has 0 bridgehead atoms. The van der Waals surface area contributed by atoms with Crippen LogP contribution in [0.4, 0.5) is 0 Å². The van der Waals surface area contributed by atoms with Crippen LogP contribution in [0.15, 0.2) is 47.2 Å². The number of carbonyl (C=O) groups excluding carboxylic acids is 2. The van der Waals surface area contributed by atoms with Gasteiger partial charge in [-0.15, -0.1) is 0 Å². The van der Waals surface area contributed by atoms with Crippen LogP contribution in [0, 0.1) is 5.92 Å². The summed E-state index contributed by atoms with van der Waals surface area (Å²) in [4.78, 5) is 30.1. The van der Waals surface area contributed by atoms with Crippen molar-refractivity contribution in [3.05, 3.63) is 54.2 Å². The number of carbonyl (C=O) groups is 2. The van der Waals surface area contributed by atoms with E-state index in [4.69, 9.17) is 4.42 Å². The van der Waals surface area contributed by atoms with Gasteiger partial charge in [-0.3, -0.25) is 14.6 Å². The van der Waals surface area contributed by atoms with Gasteiger partial charge >= 0.3 is 0 Å². The number of likely N-dealkylation sites (tertiary alicyclic amines) is 1. The molecular formula is C17H19N3O3. The number of aromatic nitrogens is 1. The van der Waals surface area contributed by atoms with Crippen LogP contribution in [0.25, 0.3) is 0 Å². The fraction of sp³-hybridized carbons (Fsp3) is 0.353. The van der Waals surface area contributed by atoms with Crippen molar-refractivity contribution in [2.75, 3.05) is 13.1 Å². The highest BCUT2D eigenvalue weighted by molar-refractivity contribution is 5.89. The van der Waals surface area contributed by atoms with Crippen LogP contribution < -0.4 is 5.32 Å². The van der Waals surface area contributed by atoms with Gasteiger partial charge in [0.05, 0.1) is 18.7 Å². The molecule has 0 aliphatic carbocycles. The van der Waals surface area contributed by atoms with Gasteiger partial charge in [-0.25, -0.2) is 0 Å². The first-order valence-electron chi connectivity index (χ1n) is 7.70. The van der Waals surface area contributed by atoms with Crippen molar-refractivity contribution in [2.45, 2.75) is 19.4 Å². The van der Waals surface area contributed by atoms with E-state index in [0.29, 0.717) is 26.1 Å². The third-order valence-corrected chi connectivity index (χ3v) is 3.92. The molecule has 2 aromatic heterocycles. The minimum absolute atomic E-state index is 0.00808. The molecule has 0 aromatic carbocycles. The molecule has 23 heavy (non-hydrogen) atoms. The maximum atomic E-state index is 12.2. The van der Waals surface area contributed by atoms with Crippen molar-refractivity contribution in [3.63, 3.8) is 0 Å². The lowest BCUT2D eigenvalue weighted by Gasteiger charge is -2.15. The quantitative estimate of drug-likeness (QED) is 0.874. The molecule has 0 radical (unpaired) electrons. The van der Waals surface area contributed by atoms with Crippen LogP contribution in [-0.4, -0.2) is 34.8 Å². The lowest BCUT2D eigenvalue weighted by molar-refractivity contribution is -0.129. The van der Waals surface area contributed by atoms with E-state index >= 15 is 0 Å². The molecule has 3 heterocycles. The van der Waals surface area contributed by atoms with Gasteiger partial charge in [0.1, 0.15) is 5.76 Å². The minimum atomic E-state index is -0.291. The average molecular weight is 313 g/mol. The summed E-state index contributed by atoms with van der Waals surface area (Å²) >= 11 is 0.